The van der Waals surface area contributed by atoms with E-state index in [2.05, 4.69) is 10.5 Å². The molecule has 0 aromatic heterocycles. The summed E-state index contributed by atoms with van der Waals surface area (Å²) in [4.78, 5) is 18.1. The number of ether oxygens (including phenoxy) is 2. The highest BCUT2D eigenvalue weighted by molar-refractivity contribution is 6.34. The van der Waals surface area contributed by atoms with Crippen molar-refractivity contribution in [3.63, 3.8) is 0 Å². The van der Waals surface area contributed by atoms with E-state index >= 15 is 0 Å². The van der Waals surface area contributed by atoms with Crippen molar-refractivity contribution < 1.29 is 36.7 Å². The van der Waals surface area contributed by atoms with Gasteiger partial charge in [-0.3, -0.25) is 0 Å². The van der Waals surface area contributed by atoms with Gasteiger partial charge in [-0.1, -0.05) is 40.5 Å². The molecule has 2 aromatic carbocycles. The SMILES string of the molecule is CC(C)(C)OC(=O)C1OC2(CNC2)c2ccc(C3=NOC(c4cc(Cl)cc(Cl)c4F)C3C(F)(F)F)cc21. The summed E-state index contributed by atoms with van der Waals surface area (Å²) < 4.78 is 69.4. The van der Waals surface area contributed by atoms with E-state index in [1.807, 2.05) is 0 Å². The van der Waals surface area contributed by atoms with Crippen molar-refractivity contribution in [1.29, 1.82) is 0 Å². The molecular formula is C25H22Cl2F4N2O4. The molecule has 3 heterocycles. The molecule has 5 rings (SSSR count). The second-order valence-corrected chi connectivity index (χ2v) is 11.1. The van der Waals surface area contributed by atoms with Gasteiger partial charge in [0.15, 0.2) is 12.2 Å². The van der Waals surface area contributed by atoms with Crippen LogP contribution in [0.5, 0.6) is 0 Å². The van der Waals surface area contributed by atoms with E-state index in [0.29, 0.717) is 24.2 Å². The number of benzene rings is 2. The molecule has 6 nitrogen and oxygen atoms in total. The number of nitrogens with one attached hydrogen (secondary N) is 1. The number of carbonyl (C=O) groups is 1. The summed E-state index contributed by atoms with van der Waals surface area (Å²) >= 11 is 11.7. The lowest BCUT2D eigenvalue weighted by molar-refractivity contribution is -0.183. The predicted molar refractivity (Wildman–Crippen MR) is 127 cm³/mol. The van der Waals surface area contributed by atoms with Crippen LogP contribution < -0.4 is 5.32 Å². The molecule has 0 saturated carbocycles. The molecule has 3 aliphatic rings. The minimum absolute atomic E-state index is 0.0475. The lowest BCUT2D eigenvalue weighted by Crippen LogP contribution is -2.57. The maximum Gasteiger partial charge on any atom is 0.401 e. The van der Waals surface area contributed by atoms with Crippen molar-refractivity contribution >= 4 is 34.9 Å². The van der Waals surface area contributed by atoms with E-state index in [-0.39, 0.29) is 10.6 Å². The quantitative estimate of drug-likeness (QED) is 0.283. The zero-order chi connectivity index (χ0) is 26.9. The average molecular weight is 561 g/mol. The summed E-state index contributed by atoms with van der Waals surface area (Å²) in [6, 6.07) is 6.64. The highest BCUT2D eigenvalue weighted by Gasteiger charge is 2.56. The zero-order valence-corrected chi connectivity index (χ0v) is 21.4. The Morgan fingerprint density at radius 2 is 1.84 bits per heavy atom. The fourth-order valence-corrected chi connectivity index (χ4v) is 5.32. The highest BCUT2D eigenvalue weighted by Crippen LogP contribution is 2.50. The van der Waals surface area contributed by atoms with Crippen molar-refractivity contribution in [2.75, 3.05) is 13.1 Å². The molecule has 1 spiro atoms. The molecule has 37 heavy (non-hydrogen) atoms. The molecule has 1 saturated heterocycles. The van der Waals surface area contributed by atoms with Gasteiger partial charge in [0.05, 0.1) is 5.02 Å². The van der Waals surface area contributed by atoms with Crippen LogP contribution in [0.3, 0.4) is 0 Å². The molecule has 3 atom stereocenters. The molecule has 2 aromatic rings. The van der Waals surface area contributed by atoms with Gasteiger partial charge in [0.1, 0.15) is 28.6 Å². The summed E-state index contributed by atoms with van der Waals surface area (Å²) in [5.41, 5.74) is -1.39. The van der Waals surface area contributed by atoms with Gasteiger partial charge in [-0.2, -0.15) is 13.2 Å². The first-order chi connectivity index (χ1) is 17.2. The third-order valence-corrected chi connectivity index (χ3v) is 6.94. The molecule has 0 amide bonds. The molecular weight excluding hydrogens is 539 g/mol. The van der Waals surface area contributed by atoms with Crippen molar-refractivity contribution in [2.24, 2.45) is 11.1 Å². The Bertz CT molecular complexity index is 1300. The molecule has 12 heteroatoms. The van der Waals surface area contributed by atoms with Crippen LogP contribution >= 0.6 is 23.2 Å². The molecule has 0 aliphatic carbocycles. The molecule has 3 aliphatic heterocycles. The summed E-state index contributed by atoms with van der Waals surface area (Å²) in [6.07, 6.45) is -7.84. The minimum Gasteiger partial charge on any atom is -0.458 e. The number of hydrogen-bond acceptors (Lipinski definition) is 6. The van der Waals surface area contributed by atoms with E-state index in [1.165, 1.54) is 12.1 Å². The number of rotatable bonds is 3. The predicted octanol–water partition coefficient (Wildman–Crippen LogP) is 6.00. The average Bonchev–Trinajstić information content (AvgIpc) is 3.34. The maximum absolute atomic E-state index is 14.7. The third kappa shape index (κ3) is 4.58. The van der Waals surface area contributed by atoms with Gasteiger partial charge in [0.25, 0.3) is 0 Å². The monoisotopic (exact) mass is 560 g/mol. The first-order valence-electron chi connectivity index (χ1n) is 11.4. The summed E-state index contributed by atoms with van der Waals surface area (Å²) in [7, 11) is 0. The van der Waals surface area contributed by atoms with Gasteiger partial charge in [-0.25, -0.2) is 9.18 Å². The molecule has 1 fully saturated rings. The Hall–Kier alpha value is -2.40. The first kappa shape index (κ1) is 26.2. The van der Waals surface area contributed by atoms with Gasteiger partial charge in [-0.15, -0.1) is 0 Å². The lowest BCUT2D eigenvalue weighted by Gasteiger charge is -2.39. The number of fused-ring (bicyclic) bond motifs is 2. The Labute approximate surface area is 219 Å². The minimum atomic E-state index is -4.86. The first-order valence-corrected chi connectivity index (χ1v) is 12.2. The fraction of sp³-hybridized carbons (Fsp3) is 0.440. The summed E-state index contributed by atoms with van der Waals surface area (Å²) in [6.45, 7) is 5.99. The Balaban J connectivity index is 1.55. The van der Waals surface area contributed by atoms with Crippen molar-refractivity contribution in [1.82, 2.24) is 5.32 Å². The van der Waals surface area contributed by atoms with Gasteiger partial charge in [-0.05, 0) is 50.1 Å². The number of hydrogen-bond donors (Lipinski definition) is 1. The number of nitrogens with zero attached hydrogens (tertiary/aromatic N) is 1. The number of halogens is 6. The zero-order valence-electron chi connectivity index (χ0n) is 19.9. The Morgan fingerprint density at radius 3 is 2.43 bits per heavy atom. The highest BCUT2D eigenvalue weighted by atomic mass is 35.5. The van der Waals surface area contributed by atoms with E-state index in [1.54, 1.807) is 26.8 Å². The number of alkyl halides is 3. The van der Waals surface area contributed by atoms with E-state index in [4.69, 9.17) is 37.5 Å². The van der Waals surface area contributed by atoms with Gasteiger partial charge in [0, 0.05) is 29.2 Å². The second kappa shape index (κ2) is 8.83. The molecule has 198 valence electrons. The summed E-state index contributed by atoms with van der Waals surface area (Å²) in [5.74, 6) is -4.05. The standard InChI is InChI=1S/C25H22Cl2F4N2O4/c1-23(2,3)36-22(34)21-13-6-11(4-5-15(13)24(35-21)9-32-10-24)19-17(25(29,30)31)20(37-33-19)14-7-12(26)8-16(27)18(14)28/h4-8,17,20-21,32H,9-10H2,1-3H3. The van der Waals surface area contributed by atoms with Gasteiger partial charge in [0.2, 0.25) is 0 Å². The number of carbonyl (C=O) groups excluding carboxylic acids is 1. The van der Waals surface area contributed by atoms with E-state index in [9.17, 15) is 22.4 Å². The van der Waals surface area contributed by atoms with Crippen LogP contribution in [-0.4, -0.2) is 36.5 Å². The smallest absolute Gasteiger partial charge is 0.401 e. The van der Waals surface area contributed by atoms with Gasteiger partial charge >= 0.3 is 12.1 Å². The van der Waals surface area contributed by atoms with Crippen LogP contribution in [0.1, 0.15) is 55.2 Å². The largest absolute Gasteiger partial charge is 0.458 e. The normalized spacial score (nSPS) is 24.4. The topological polar surface area (TPSA) is 69.2 Å². The van der Waals surface area contributed by atoms with Gasteiger partial charge < -0.3 is 19.6 Å². The molecule has 1 N–H and O–H groups in total. The van der Waals surface area contributed by atoms with Crippen LogP contribution in [0.25, 0.3) is 0 Å². The van der Waals surface area contributed by atoms with Crippen LogP contribution in [-0.2, 0) is 24.7 Å². The van der Waals surface area contributed by atoms with Crippen LogP contribution in [0.2, 0.25) is 10.0 Å². The van der Waals surface area contributed by atoms with E-state index < -0.39 is 63.6 Å². The number of esters is 1. The number of oxime groups is 1. The van der Waals surface area contributed by atoms with Crippen LogP contribution in [0.15, 0.2) is 35.5 Å². The molecule has 3 unspecified atom stereocenters. The Morgan fingerprint density at radius 1 is 1.14 bits per heavy atom. The third-order valence-electron chi connectivity index (χ3n) is 6.45. The molecule has 0 bridgehead atoms. The maximum atomic E-state index is 14.7. The van der Waals surface area contributed by atoms with Crippen molar-refractivity contribution in [3.8, 4) is 0 Å². The van der Waals surface area contributed by atoms with Crippen molar-refractivity contribution in [2.45, 2.75) is 50.4 Å². The Kier molecular flexibility index (Phi) is 6.26. The van der Waals surface area contributed by atoms with Crippen LogP contribution in [0.4, 0.5) is 17.6 Å². The lowest BCUT2D eigenvalue weighted by atomic mass is 9.83. The van der Waals surface area contributed by atoms with Crippen LogP contribution in [0, 0.1) is 11.7 Å². The fourth-order valence-electron chi connectivity index (χ4n) is 4.82. The second-order valence-electron chi connectivity index (χ2n) is 10.2. The molecule has 0 radical (unpaired) electrons. The van der Waals surface area contributed by atoms with E-state index in [0.717, 1.165) is 12.1 Å². The van der Waals surface area contributed by atoms with Crippen molar-refractivity contribution in [3.05, 3.63) is 68.4 Å². The summed E-state index contributed by atoms with van der Waals surface area (Å²) in [5, 5.41) is 6.33.